The molecule has 7 heteroatoms. The van der Waals surface area contributed by atoms with E-state index in [1.165, 1.54) is 6.21 Å². The fraction of sp³-hybridized carbons (Fsp3) is 0.0500. The van der Waals surface area contributed by atoms with Gasteiger partial charge in [0.15, 0.2) is 0 Å². The third-order valence-electron chi connectivity index (χ3n) is 4.16. The molecule has 2 aromatic heterocycles. The number of nitrogens with zero attached hydrogens (tertiary/aromatic N) is 3. The third kappa shape index (κ3) is 3.35. The molecule has 6 nitrogen and oxygen atoms in total. The zero-order valence-electron chi connectivity index (χ0n) is 14.5. The summed E-state index contributed by atoms with van der Waals surface area (Å²) in [5, 5.41) is 9.59. The number of rotatable bonds is 4. The van der Waals surface area contributed by atoms with Gasteiger partial charge in [0.05, 0.1) is 11.2 Å². The van der Waals surface area contributed by atoms with Crippen molar-refractivity contribution in [2.45, 2.75) is 0 Å². The smallest absolute Gasteiger partial charge is 0.288 e. The van der Waals surface area contributed by atoms with E-state index >= 15 is 0 Å². The monoisotopic (exact) mass is 377 g/mol. The van der Waals surface area contributed by atoms with Gasteiger partial charge in [0.1, 0.15) is 11.4 Å². The third-order valence-corrected chi connectivity index (χ3v) is 4.45. The van der Waals surface area contributed by atoms with Gasteiger partial charge in [-0.3, -0.25) is 9.48 Å². The lowest BCUT2D eigenvalue weighted by molar-refractivity contribution is 0.0951. The van der Waals surface area contributed by atoms with Crippen molar-refractivity contribution in [3.8, 4) is 11.1 Å². The molecule has 0 saturated heterocycles. The summed E-state index contributed by atoms with van der Waals surface area (Å²) in [4.78, 5) is 16.0. The minimum Gasteiger partial charge on any atom is -0.350 e. The summed E-state index contributed by atoms with van der Waals surface area (Å²) in [5.41, 5.74) is 6.17. The molecule has 1 amide bonds. The molecule has 4 aromatic rings. The van der Waals surface area contributed by atoms with Crippen molar-refractivity contribution in [3.63, 3.8) is 0 Å². The molecule has 0 radical (unpaired) electrons. The number of benzene rings is 2. The largest absolute Gasteiger partial charge is 0.350 e. The van der Waals surface area contributed by atoms with Crippen LogP contribution in [0.15, 0.2) is 65.9 Å². The van der Waals surface area contributed by atoms with Crippen molar-refractivity contribution in [1.82, 2.24) is 20.2 Å². The molecule has 0 aliphatic carbocycles. The van der Waals surface area contributed by atoms with Crippen LogP contribution in [-0.4, -0.2) is 26.9 Å². The average Bonchev–Trinajstić information content (AvgIpc) is 3.22. The molecule has 2 heterocycles. The van der Waals surface area contributed by atoms with Crippen LogP contribution in [0.3, 0.4) is 0 Å². The van der Waals surface area contributed by atoms with Crippen molar-refractivity contribution in [2.24, 2.45) is 12.1 Å². The topological polar surface area (TPSA) is 75.1 Å². The van der Waals surface area contributed by atoms with Crippen LogP contribution in [0.25, 0.3) is 22.0 Å². The summed E-state index contributed by atoms with van der Waals surface area (Å²) in [7, 11) is 1.76. The predicted octanol–water partition coefficient (Wildman–Crippen LogP) is 3.99. The second-order valence-electron chi connectivity index (χ2n) is 6.02. The van der Waals surface area contributed by atoms with E-state index in [0.29, 0.717) is 16.4 Å². The van der Waals surface area contributed by atoms with Crippen LogP contribution in [0.1, 0.15) is 16.2 Å². The number of carbonyl (C=O) groups is 1. The van der Waals surface area contributed by atoms with E-state index in [9.17, 15) is 4.79 Å². The van der Waals surface area contributed by atoms with E-state index in [1.54, 1.807) is 17.9 Å². The number of aromatic amines is 1. The summed E-state index contributed by atoms with van der Waals surface area (Å²) in [5.74, 6) is -0.339. The lowest BCUT2D eigenvalue weighted by Gasteiger charge is -2.04. The van der Waals surface area contributed by atoms with E-state index in [0.717, 1.165) is 22.0 Å². The summed E-state index contributed by atoms with van der Waals surface area (Å²) >= 11 is 6.04. The second-order valence-corrected chi connectivity index (χ2v) is 6.43. The molecule has 0 spiro atoms. The highest BCUT2D eigenvalue weighted by molar-refractivity contribution is 6.32. The number of halogens is 1. The maximum atomic E-state index is 12.8. The number of hydrazone groups is 1. The number of fused-ring (bicyclic) bond motifs is 1. The first kappa shape index (κ1) is 17.1. The van der Waals surface area contributed by atoms with Gasteiger partial charge in [-0.2, -0.15) is 10.2 Å². The van der Waals surface area contributed by atoms with Crippen LogP contribution >= 0.6 is 11.6 Å². The lowest BCUT2D eigenvalue weighted by atomic mass is 10.0. The first-order chi connectivity index (χ1) is 13.1. The van der Waals surface area contributed by atoms with Gasteiger partial charge in [-0.1, -0.05) is 60.1 Å². The molecule has 27 heavy (non-hydrogen) atoms. The SMILES string of the molecule is Cn1cc(Cl)c(/C=N/NC(=O)c2[nH]c3ccccc3c2-c2ccccc2)n1. The van der Waals surface area contributed by atoms with Crippen molar-refractivity contribution in [3.05, 3.63) is 77.2 Å². The molecule has 4 rings (SSSR count). The Morgan fingerprint density at radius 2 is 1.93 bits per heavy atom. The maximum absolute atomic E-state index is 12.8. The minimum atomic E-state index is -0.339. The highest BCUT2D eigenvalue weighted by Gasteiger charge is 2.18. The Balaban J connectivity index is 1.68. The highest BCUT2D eigenvalue weighted by Crippen LogP contribution is 2.32. The van der Waals surface area contributed by atoms with Gasteiger partial charge in [0, 0.05) is 29.7 Å². The Labute approximate surface area is 160 Å². The number of para-hydroxylation sites is 1. The van der Waals surface area contributed by atoms with E-state index < -0.39 is 0 Å². The predicted molar refractivity (Wildman–Crippen MR) is 107 cm³/mol. The van der Waals surface area contributed by atoms with E-state index in [4.69, 9.17) is 11.6 Å². The van der Waals surface area contributed by atoms with Gasteiger partial charge in [0.25, 0.3) is 5.91 Å². The van der Waals surface area contributed by atoms with Crippen molar-refractivity contribution >= 4 is 34.6 Å². The molecule has 0 atom stereocenters. The highest BCUT2D eigenvalue weighted by atomic mass is 35.5. The van der Waals surface area contributed by atoms with Crippen LogP contribution in [0.2, 0.25) is 5.02 Å². The molecule has 2 aromatic carbocycles. The Hall–Kier alpha value is -3.38. The number of nitrogens with one attached hydrogen (secondary N) is 2. The molecule has 134 valence electrons. The number of hydrogen-bond donors (Lipinski definition) is 2. The number of amides is 1. The van der Waals surface area contributed by atoms with Crippen LogP contribution in [0, 0.1) is 0 Å². The molecule has 2 N–H and O–H groups in total. The van der Waals surface area contributed by atoms with Crippen LogP contribution in [-0.2, 0) is 7.05 Å². The van der Waals surface area contributed by atoms with E-state index in [2.05, 4.69) is 20.6 Å². The Bertz CT molecular complexity index is 1140. The molecule has 0 aliphatic heterocycles. The molecule has 0 aliphatic rings. The van der Waals surface area contributed by atoms with Crippen LogP contribution < -0.4 is 5.43 Å². The van der Waals surface area contributed by atoms with E-state index in [1.807, 2.05) is 54.6 Å². The summed E-state index contributed by atoms with van der Waals surface area (Å²) in [6.45, 7) is 0. The summed E-state index contributed by atoms with van der Waals surface area (Å²) in [6.07, 6.45) is 3.08. The fourth-order valence-electron chi connectivity index (χ4n) is 2.99. The Morgan fingerprint density at radius 3 is 2.67 bits per heavy atom. The van der Waals surface area contributed by atoms with E-state index in [-0.39, 0.29) is 5.91 Å². The molecule has 0 fully saturated rings. The zero-order valence-corrected chi connectivity index (χ0v) is 15.2. The van der Waals surface area contributed by atoms with Gasteiger partial charge in [-0.25, -0.2) is 5.43 Å². The van der Waals surface area contributed by atoms with Gasteiger partial charge in [-0.05, 0) is 11.6 Å². The minimum absolute atomic E-state index is 0.339. The first-order valence-corrected chi connectivity index (χ1v) is 8.70. The van der Waals surface area contributed by atoms with Crippen LogP contribution in [0.4, 0.5) is 0 Å². The Kier molecular flexibility index (Phi) is 4.48. The number of aromatic nitrogens is 3. The van der Waals surface area contributed by atoms with Gasteiger partial charge < -0.3 is 4.98 Å². The van der Waals surface area contributed by atoms with Gasteiger partial charge in [-0.15, -0.1) is 0 Å². The summed E-state index contributed by atoms with van der Waals surface area (Å²) < 4.78 is 1.58. The molecule has 0 saturated carbocycles. The number of H-pyrrole nitrogens is 1. The lowest BCUT2D eigenvalue weighted by Crippen LogP contribution is -2.19. The summed E-state index contributed by atoms with van der Waals surface area (Å²) in [6, 6.07) is 17.6. The van der Waals surface area contributed by atoms with Crippen LogP contribution in [0.5, 0.6) is 0 Å². The quantitative estimate of drug-likeness (QED) is 0.417. The number of hydrogen-bond acceptors (Lipinski definition) is 3. The van der Waals surface area contributed by atoms with Gasteiger partial charge in [0.2, 0.25) is 0 Å². The standard InChI is InChI=1S/C20H16ClN5O/c1-26-12-15(21)17(25-26)11-22-24-20(27)19-18(13-7-3-2-4-8-13)14-9-5-6-10-16(14)23-19/h2-12,23H,1H3,(H,24,27)/b22-11+. The van der Waals surface area contributed by atoms with Crippen molar-refractivity contribution in [2.75, 3.05) is 0 Å². The molecular formula is C20H16ClN5O. The second kappa shape index (κ2) is 7.09. The zero-order chi connectivity index (χ0) is 18.8. The first-order valence-electron chi connectivity index (χ1n) is 8.32. The molecule has 0 bridgehead atoms. The van der Waals surface area contributed by atoms with Crippen molar-refractivity contribution < 1.29 is 4.79 Å². The van der Waals surface area contributed by atoms with Gasteiger partial charge >= 0.3 is 0 Å². The Morgan fingerprint density at radius 1 is 1.19 bits per heavy atom. The number of aryl methyl sites for hydroxylation is 1. The average molecular weight is 378 g/mol. The molecule has 0 unspecified atom stereocenters. The van der Waals surface area contributed by atoms with Crippen molar-refractivity contribution in [1.29, 1.82) is 0 Å². The normalized spacial score (nSPS) is 11.3. The fourth-order valence-corrected chi connectivity index (χ4v) is 3.22. The maximum Gasteiger partial charge on any atom is 0.288 e. The molecular weight excluding hydrogens is 362 g/mol. The number of carbonyl (C=O) groups excluding carboxylic acids is 1.